The van der Waals surface area contributed by atoms with Gasteiger partial charge < -0.3 is 19.4 Å². The third kappa shape index (κ3) is 21.4. The van der Waals surface area contributed by atoms with Crippen molar-refractivity contribution in [2.45, 2.75) is 134 Å². The van der Waals surface area contributed by atoms with Gasteiger partial charge in [0, 0.05) is 0 Å². The summed E-state index contributed by atoms with van der Waals surface area (Å²) in [7, 11) is 0.975. The molecule has 0 heterocycles. The summed E-state index contributed by atoms with van der Waals surface area (Å²) in [5.41, 5.74) is 0. The molecule has 0 amide bonds. The van der Waals surface area contributed by atoms with Gasteiger partial charge in [0.2, 0.25) is 5.34 Å². The van der Waals surface area contributed by atoms with E-state index >= 15 is 0 Å². The van der Waals surface area contributed by atoms with Crippen LogP contribution >= 0.6 is 7.60 Å². The molecule has 0 bridgehead atoms. The van der Waals surface area contributed by atoms with Crippen LogP contribution < -0.4 is 0 Å². The van der Waals surface area contributed by atoms with E-state index in [4.69, 9.17) is 0 Å². The lowest BCUT2D eigenvalue weighted by molar-refractivity contribution is -0.875. The van der Waals surface area contributed by atoms with Crippen LogP contribution in [0.25, 0.3) is 0 Å². The molecule has 208 valence electrons. The topological polar surface area (TPSA) is 77.8 Å². The SMILES string of the molecule is CCCCCC/C=C\CC/C=C\CCCCCCCCCCCCC(O)(C[N+](C)(C)C)P(=O)(O)O. The van der Waals surface area contributed by atoms with E-state index in [9.17, 15) is 19.5 Å². The number of quaternary nitrogens is 1. The van der Waals surface area contributed by atoms with Crippen molar-refractivity contribution >= 4 is 7.60 Å². The Morgan fingerprint density at radius 1 is 0.629 bits per heavy atom. The van der Waals surface area contributed by atoms with Gasteiger partial charge in [-0.25, -0.2) is 0 Å². The molecule has 0 aromatic heterocycles. The Hall–Kier alpha value is -0.450. The molecule has 0 saturated carbocycles. The first-order chi connectivity index (χ1) is 16.5. The molecule has 1 atom stereocenters. The van der Waals surface area contributed by atoms with E-state index in [0.717, 1.165) is 12.8 Å². The number of unbranched alkanes of at least 4 members (excludes halogenated alkanes) is 15. The normalized spacial score (nSPS) is 14.8. The van der Waals surface area contributed by atoms with Gasteiger partial charge in [-0.05, 0) is 51.4 Å². The lowest BCUT2D eigenvalue weighted by Crippen LogP contribution is -2.49. The zero-order valence-corrected chi connectivity index (χ0v) is 24.5. The molecular weight excluding hydrogens is 457 g/mol. The molecule has 6 heteroatoms. The summed E-state index contributed by atoms with van der Waals surface area (Å²) in [6, 6.07) is 0. The zero-order valence-electron chi connectivity index (χ0n) is 23.6. The summed E-state index contributed by atoms with van der Waals surface area (Å²) >= 11 is 0. The second-order valence-corrected chi connectivity index (χ2v) is 13.3. The average Bonchev–Trinajstić information content (AvgIpc) is 2.75. The van der Waals surface area contributed by atoms with Crippen LogP contribution in [0.15, 0.2) is 24.3 Å². The van der Waals surface area contributed by atoms with Gasteiger partial charge in [-0.3, -0.25) is 4.57 Å². The van der Waals surface area contributed by atoms with Crippen LogP contribution in [0.5, 0.6) is 0 Å². The van der Waals surface area contributed by atoms with Gasteiger partial charge in [-0.15, -0.1) is 0 Å². The molecule has 0 rings (SSSR count). The maximum atomic E-state index is 11.8. The number of rotatable bonds is 24. The minimum atomic E-state index is -4.55. The molecule has 0 fully saturated rings. The molecule has 0 aromatic carbocycles. The fraction of sp³-hybridized carbons (Fsp3) is 0.862. The van der Waals surface area contributed by atoms with Gasteiger partial charge in [-0.2, -0.15) is 0 Å². The minimum absolute atomic E-state index is 0.0592. The smallest absolute Gasteiger partial charge is 0.362 e. The van der Waals surface area contributed by atoms with Crippen LogP contribution in [0.4, 0.5) is 0 Å². The van der Waals surface area contributed by atoms with Crippen LogP contribution in [0.2, 0.25) is 0 Å². The maximum Gasteiger partial charge on any atom is 0.362 e. The molecule has 0 radical (unpaired) electrons. The Kier molecular flexibility index (Phi) is 20.3. The Bertz CT molecular complexity index is 594. The van der Waals surface area contributed by atoms with Crippen molar-refractivity contribution < 1.29 is 23.9 Å². The van der Waals surface area contributed by atoms with E-state index in [1.54, 1.807) is 0 Å². The molecule has 0 aliphatic heterocycles. The van der Waals surface area contributed by atoms with Crippen molar-refractivity contribution in [3.8, 4) is 0 Å². The van der Waals surface area contributed by atoms with Crippen LogP contribution in [0.1, 0.15) is 129 Å². The van der Waals surface area contributed by atoms with Crippen molar-refractivity contribution in [3.63, 3.8) is 0 Å². The predicted octanol–water partition coefficient (Wildman–Crippen LogP) is 8.10. The number of likely N-dealkylation sites (N-methyl/N-ethyl adjacent to an activating group) is 1. The average molecular weight is 517 g/mol. The van der Waals surface area contributed by atoms with Gasteiger partial charge >= 0.3 is 7.60 Å². The first-order valence-corrected chi connectivity index (χ1v) is 16.0. The summed E-state index contributed by atoms with van der Waals surface area (Å²) in [6.07, 6.45) is 31.2. The second-order valence-electron chi connectivity index (χ2n) is 11.4. The molecule has 0 saturated heterocycles. The number of hydrogen-bond donors (Lipinski definition) is 3. The van der Waals surface area contributed by atoms with E-state index < -0.39 is 12.9 Å². The van der Waals surface area contributed by atoms with Gasteiger partial charge in [0.15, 0.2) is 0 Å². The summed E-state index contributed by atoms with van der Waals surface area (Å²) in [4.78, 5) is 19.2. The van der Waals surface area contributed by atoms with E-state index in [-0.39, 0.29) is 13.0 Å². The highest BCUT2D eigenvalue weighted by molar-refractivity contribution is 7.53. The Balaban J connectivity index is 3.56. The second kappa shape index (κ2) is 20.6. The summed E-state index contributed by atoms with van der Waals surface area (Å²) in [6.45, 7) is 2.32. The highest BCUT2D eigenvalue weighted by Gasteiger charge is 2.48. The third-order valence-electron chi connectivity index (χ3n) is 6.53. The number of nitrogens with zero attached hydrogens (tertiary/aromatic N) is 1. The van der Waals surface area contributed by atoms with Crippen molar-refractivity contribution in [1.29, 1.82) is 0 Å². The van der Waals surface area contributed by atoms with Gasteiger partial charge in [0.25, 0.3) is 0 Å². The Morgan fingerprint density at radius 2 is 1.00 bits per heavy atom. The fourth-order valence-electron chi connectivity index (χ4n) is 4.51. The lowest BCUT2D eigenvalue weighted by Gasteiger charge is -2.35. The highest BCUT2D eigenvalue weighted by Crippen LogP contribution is 2.52. The first kappa shape index (κ1) is 34.6. The van der Waals surface area contributed by atoms with Crippen molar-refractivity contribution in [3.05, 3.63) is 24.3 Å². The summed E-state index contributed by atoms with van der Waals surface area (Å²) in [5, 5.41) is 8.65. The largest absolute Gasteiger partial charge is 0.373 e. The molecule has 1 unspecified atom stereocenters. The zero-order chi connectivity index (χ0) is 26.5. The first-order valence-electron chi connectivity index (χ1n) is 14.4. The standard InChI is InChI=1S/C29H58NO4P/c1-5-6-7-8-9-10-11-12-13-14-15-16-17-18-19-20-21-22-23-24-25-26-27-29(31,35(32,33)34)28-30(2,3)4/h10-11,14-15,31H,5-9,12-13,16-28H2,1-4H3,(H-,32,33,34)/p+1/b11-10-,15-14-. The van der Waals surface area contributed by atoms with Gasteiger partial charge in [0.05, 0.1) is 21.1 Å². The van der Waals surface area contributed by atoms with Crippen LogP contribution in [-0.2, 0) is 4.57 Å². The lowest BCUT2D eigenvalue weighted by atomic mass is 10.0. The molecule has 0 spiro atoms. The Morgan fingerprint density at radius 3 is 1.40 bits per heavy atom. The van der Waals surface area contributed by atoms with Gasteiger partial charge in [0.1, 0.15) is 6.54 Å². The molecule has 3 N–H and O–H groups in total. The van der Waals surface area contributed by atoms with Gasteiger partial charge in [-0.1, -0.05) is 102 Å². The molecule has 0 aromatic rings. The van der Waals surface area contributed by atoms with E-state index in [1.165, 1.54) is 96.3 Å². The highest BCUT2D eigenvalue weighted by atomic mass is 31.2. The number of allylic oxidation sites excluding steroid dienone is 4. The summed E-state index contributed by atoms with van der Waals surface area (Å²) in [5.74, 6) is 0. The number of aliphatic hydroxyl groups is 1. The van der Waals surface area contributed by atoms with Crippen molar-refractivity contribution in [1.82, 2.24) is 0 Å². The number of hydrogen-bond acceptors (Lipinski definition) is 2. The van der Waals surface area contributed by atoms with Crippen LogP contribution in [0, 0.1) is 0 Å². The van der Waals surface area contributed by atoms with Crippen molar-refractivity contribution in [2.75, 3.05) is 27.7 Å². The Labute approximate surface area is 217 Å². The molecule has 35 heavy (non-hydrogen) atoms. The molecule has 0 aliphatic rings. The minimum Gasteiger partial charge on any atom is -0.373 e. The van der Waals surface area contributed by atoms with E-state index in [2.05, 4.69) is 31.2 Å². The maximum absolute atomic E-state index is 11.8. The van der Waals surface area contributed by atoms with Crippen LogP contribution in [0.3, 0.4) is 0 Å². The van der Waals surface area contributed by atoms with E-state index in [0.29, 0.717) is 10.9 Å². The molecular formula is C29H59NO4P+. The quantitative estimate of drug-likeness (QED) is 0.0524. The molecule has 0 aliphatic carbocycles. The van der Waals surface area contributed by atoms with Crippen LogP contribution in [-0.4, -0.2) is 52.4 Å². The van der Waals surface area contributed by atoms with Crippen molar-refractivity contribution in [2.24, 2.45) is 0 Å². The predicted molar refractivity (Wildman–Crippen MR) is 152 cm³/mol. The third-order valence-corrected chi connectivity index (χ3v) is 7.97. The van der Waals surface area contributed by atoms with E-state index in [1.807, 2.05) is 21.1 Å². The summed E-state index contributed by atoms with van der Waals surface area (Å²) < 4.78 is 12.1. The monoisotopic (exact) mass is 516 g/mol. The fourth-order valence-corrected chi connectivity index (χ4v) is 5.57. The molecule has 5 nitrogen and oxygen atoms in total.